The van der Waals surface area contributed by atoms with Gasteiger partial charge in [0, 0.05) is 18.2 Å². The van der Waals surface area contributed by atoms with Gasteiger partial charge in [-0.05, 0) is 64.3 Å². The van der Waals surface area contributed by atoms with Crippen LogP contribution in [-0.4, -0.2) is 38.9 Å². The highest BCUT2D eigenvalue weighted by atomic mass is 16.2. The lowest BCUT2D eigenvalue weighted by Crippen LogP contribution is -2.44. The standard InChI is InChI=1S/C25H30N4O2/c1-17-11-13-20(14-12-17)25(31)26-19(3)24-27-21-9-4-5-10-22(21)29(24)16-23(30)28-15-7-6-8-18(28)2/h4-5,9-14,18-19H,6-8,15-16H2,1-3H3,(H,26,31). The first-order valence-electron chi connectivity index (χ1n) is 11.1. The summed E-state index contributed by atoms with van der Waals surface area (Å²) in [6.45, 7) is 7.06. The number of fused-ring (bicyclic) bond motifs is 1. The van der Waals surface area contributed by atoms with Crippen molar-refractivity contribution >= 4 is 22.8 Å². The lowest BCUT2D eigenvalue weighted by molar-refractivity contribution is -0.135. The lowest BCUT2D eigenvalue weighted by atomic mass is 10.0. The van der Waals surface area contributed by atoms with Crippen LogP contribution in [0.5, 0.6) is 0 Å². The second-order valence-corrected chi connectivity index (χ2v) is 8.54. The van der Waals surface area contributed by atoms with Gasteiger partial charge in [0.1, 0.15) is 12.4 Å². The summed E-state index contributed by atoms with van der Waals surface area (Å²) in [6, 6.07) is 15.2. The Labute approximate surface area is 183 Å². The van der Waals surface area contributed by atoms with Crippen molar-refractivity contribution in [3.8, 4) is 0 Å². The number of carbonyl (C=O) groups excluding carboxylic acids is 2. The summed E-state index contributed by atoms with van der Waals surface area (Å²) in [6.07, 6.45) is 3.27. The molecule has 1 aromatic heterocycles. The van der Waals surface area contributed by atoms with Gasteiger partial charge in [-0.2, -0.15) is 0 Å². The fourth-order valence-corrected chi connectivity index (χ4v) is 4.34. The number of carbonyl (C=O) groups is 2. The van der Waals surface area contributed by atoms with Gasteiger partial charge in [0.15, 0.2) is 0 Å². The molecule has 0 saturated carbocycles. The zero-order valence-electron chi connectivity index (χ0n) is 18.5. The molecular formula is C25H30N4O2. The van der Waals surface area contributed by atoms with Crippen molar-refractivity contribution in [3.05, 3.63) is 65.5 Å². The summed E-state index contributed by atoms with van der Waals surface area (Å²) < 4.78 is 1.96. The Morgan fingerprint density at radius 2 is 1.87 bits per heavy atom. The van der Waals surface area contributed by atoms with Gasteiger partial charge in [0.2, 0.25) is 5.91 Å². The molecule has 6 heteroatoms. The van der Waals surface area contributed by atoms with Crippen molar-refractivity contribution in [2.45, 2.75) is 58.7 Å². The van der Waals surface area contributed by atoms with Crippen LogP contribution in [0.15, 0.2) is 48.5 Å². The first-order chi connectivity index (χ1) is 14.9. The molecule has 2 unspecified atom stereocenters. The van der Waals surface area contributed by atoms with E-state index < -0.39 is 0 Å². The average molecular weight is 419 g/mol. The monoisotopic (exact) mass is 418 g/mol. The second kappa shape index (κ2) is 8.92. The Balaban J connectivity index is 1.60. The van der Waals surface area contributed by atoms with E-state index in [2.05, 4.69) is 12.2 Å². The van der Waals surface area contributed by atoms with Crippen molar-refractivity contribution < 1.29 is 9.59 Å². The number of nitrogens with zero attached hydrogens (tertiary/aromatic N) is 3. The molecule has 0 spiro atoms. The van der Waals surface area contributed by atoms with Gasteiger partial charge >= 0.3 is 0 Å². The predicted octanol–water partition coefficient (Wildman–Crippen LogP) is 4.24. The summed E-state index contributed by atoms with van der Waals surface area (Å²) in [5.41, 5.74) is 3.45. The molecule has 6 nitrogen and oxygen atoms in total. The van der Waals surface area contributed by atoms with Crippen LogP contribution in [0, 0.1) is 6.92 Å². The highest BCUT2D eigenvalue weighted by molar-refractivity contribution is 5.94. The maximum Gasteiger partial charge on any atom is 0.251 e. The zero-order valence-corrected chi connectivity index (χ0v) is 18.5. The molecule has 4 rings (SSSR count). The van der Waals surface area contributed by atoms with E-state index in [1.807, 2.05) is 71.8 Å². The van der Waals surface area contributed by atoms with Gasteiger partial charge < -0.3 is 14.8 Å². The summed E-state index contributed by atoms with van der Waals surface area (Å²) in [4.78, 5) is 32.7. The smallest absolute Gasteiger partial charge is 0.251 e. The molecule has 0 bridgehead atoms. The van der Waals surface area contributed by atoms with Gasteiger partial charge in [0.05, 0.1) is 17.1 Å². The number of aryl methyl sites for hydroxylation is 1. The number of piperidine rings is 1. The third-order valence-electron chi connectivity index (χ3n) is 6.15. The highest BCUT2D eigenvalue weighted by Crippen LogP contribution is 2.23. The van der Waals surface area contributed by atoms with Gasteiger partial charge in [0.25, 0.3) is 5.91 Å². The predicted molar refractivity (Wildman–Crippen MR) is 122 cm³/mol. The van der Waals surface area contributed by atoms with E-state index in [1.54, 1.807) is 0 Å². The number of imidazole rings is 1. The number of rotatable bonds is 5. The van der Waals surface area contributed by atoms with Gasteiger partial charge in [-0.3, -0.25) is 9.59 Å². The first-order valence-corrected chi connectivity index (χ1v) is 11.1. The Morgan fingerprint density at radius 1 is 1.13 bits per heavy atom. The van der Waals surface area contributed by atoms with Gasteiger partial charge in [-0.1, -0.05) is 29.8 Å². The normalized spacial score (nSPS) is 17.5. The van der Waals surface area contributed by atoms with Crippen molar-refractivity contribution in [1.29, 1.82) is 0 Å². The molecule has 1 aliphatic rings. The number of hydrogen-bond donors (Lipinski definition) is 1. The largest absolute Gasteiger partial charge is 0.342 e. The Bertz CT molecular complexity index is 1090. The molecule has 1 N–H and O–H groups in total. The van der Waals surface area contributed by atoms with Crippen LogP contribution in [0.2, 0.25) is 0 Å². The number of likely N-dealkylation sites (tertiary alicyclic amines) is 1. The summed E-state index contributed by atoms with van der Waals surface area (Å²) in [5, 5.41) is 3.05. The molecule has 2 aromatic carbocycles. The number of nitrogens with one attached hydrogen (secondary N) is 1. The van der Waals surface area contributed by atoms with Gasteiger partial charge in [-0.25, -0.2) is 4.98 Å². The van der Waals surface area contributed by atoms with E-state index >= 15 is 0 Å². The van der Waals surface area contributed by atoms with Gasteiger partial charge in [-0.15, -0.1) is 0 Å². The Kier molecular flexibility index (Phi) is 6.07. The molecule has 0 radical (unpaired) electrons. The third kappa shape index (κ3) is 4.48. The van der Waals surface area contributed by atoms with Crippen LogP contribution >= 0.6 is 0 Å². The molecule has 1 fully saturated rings. The zero-order chi connectivity index (χ0) is 22.0. The topological polar surface area (TPSA) is 67.2 Å². The SMILES string of the molecule is Cc1ccc(C(=O)NC(C)c2nc3ccccc3n2CC(=O)N2CCCCC2C)cc1. The average Bonchev–Trinajstić information content (AvgIpc) is 3.13. The van der Waals surface area contributed by atoms with Crippen molar-refractivity contribution in [1.82, 2.24) is 19.8 Å². The van der Waals surface area contributed by atoms with E-state index in [0.717, 1.165) is 36.0 Å². The Morgan fingerprint density at radius 3 is 2.61 bits per heavy atom. The minimum Gasteiger partial charge on any atom is -0.342 e. The number of hydrogen-bond acceptors (Lipinski definition) is 3. The van der Waals surface area contributed by atoms with Crippen molar-refractivity contribution in [2.24, 2.45) is 0 Å². The molecule has 3 aromatic rings. The fraction of sp³-hybridized carbons (Fsp3) is 0.400. The molecule has 2 atom stereocenters. The van der Waals surface area contributed by atoms with E-state index in [1.165, 1.54) is 6.42 Å². The molecule has 0 aliphatic carbocycles. The molecule has 31 heavy (non-hydrogen) atoms. The van der Waals surface area contributed by atoms with Crippen LogP contribution in [0.1, 0.15) is 60.9 Å². The minimum absolute atomic E-state index is 0.105. The summed E-state index contributed by atoms with van der Waals surface area (Å²) in [7, 11) is 0. The lowest BCUT2D eigenvalue weighted by Gasteiger charge is -2.33. The van der Waals surface area contributed by atoms with E-state index in [9.17, 15) is 9.59 Å². The molecule has 2 heterocycles. The molecule has 1 saturated heterocycles. The van der Waals surface area contributed by atoms with Crippen molar-refractivity contribution in [2.75, 3.05) is 6.54 Å². The second-order valence-electron chi connectivity index (χ2n) is 8.54. The van der Waals surface area contributed by atoms with Crippen molar-refractivity contribution in [3.63, 3.8) is 0 Å². The quantitative estimate of drug-likeness (QED) is 0.674. The number of aromatic nitrogens is 2. The maximum atomic E-state index is 13.2. The number of amides is 2. The maximum absolute atomic E-state index is 13.2. The van der Waals surface area contributed by atoms with E-state index in [-0.39, 0.29) is 30.4 Å². The van der Waals surface area contributed by atoms with Crippen LogP contribution in [0.25, 0.3) is 11.0 Å². The summed E-state index contributed by atoms with van der Waals surface area (Å²) in [5.74, 6) is 0.649. The van der Waals surface area contributed by atoms with E-state index in [0.29, 0.717) is 11.4 Å². The molecular weight excluding hydrogens is 388 g/mol. The van der Waals surface area contributed by atoms with Crippen LogP contribution in [0.3, 0.4) is 0 Å². The first kappa shape index (κ1) is 21.1. The summed E-state index contributed by atoms with van der Waals surface area (Å²) >= 11 is 0. The van der Waals surface area contributed by atoms with Crippen LogP contribution in [-0.2, 0) is 11.3 Å². The van der Waals surface area contributed by atoms with Crippen LogP contribution in [0.4, 0.5) is 0 Å². The minimum atomic E-state index is -0.340. The van der Waals surface area contributed by atoms with Crippen LogP contribution < -0.4 is 5.32 Å². The van der Waals surface area contributed by atoms with E-state index in [4.69, 9.17) is 4.98 Å². The number of para-hydroxylation sites is 2. The molecule has 162 valence electrons. The molecule has 1 aliphatic heterocycles. The highest BCUT2D eigenvalue weighted by Gasteiger charge is 2.26. The third-order valence-corrected chi connectivity index (χ3v) is 6.15. The fourth-order valence-electron chi connectivity index (χ4n) is 4.34. The number of benzene rings is 2. The Hall–Kier alpha value is -3.15. The molecule has 2 amide bonds.